The fourth-order valence-electron chi connectivity index (χ4n) is 1.63. The van der Waals surface area contributed by atoms with E-state index in [1.165, 1.54) is 9.78 Å². The van der Waals surface area contributed by atoms with E-state index in [0.29, 0.717) is 19.5 Å². The van der Waals surface area contributed by atoms with Crippen LogP contribution in [0.2, 0.25) is 0 Å². The van der Waals surface area contributed by atoms with Gasteiger partial charge < -0.3 is 15.1 Å². The number of hydrogen-bond acceptors (Lipinski definition) is 4. The summed E-state index contributed by atoms with van der Waals surface area (Å²) in [5.74, 6) is 0.00431. The number of carbonyl (C=O) groups excluding carboxylic acids is 1. The Hall–Kier alpha value is -0.910. The molecule has 0 atom stereocenters. The van der Waals surface area contributed by atoms with Crippen molar-refractivity contribution in [3.05, 3.63) is 22.4 Å². The molecule has 1 amide bonds. The van der Waals surface area contributed by atoms with Crippen LogP contribution in [-0.4, -0.2) is 47.3 Å². The minimum atomic E-state index is -0.0589. The highest BCUT2D eigenvalue weighted by atomic mass is 32.1. The first-order chi connectivity index (χ1) is 8.27. The first-order valence-corrected chi connectivity index (χ1v) is 6.67. The zero-order chi connectivity index (χ0) is 12.5. The Balaban J connectivity index is 2.26. The quantitative estimate of drug-likeness (QED) is 0.727. The highest BCUT2D eigenvalue weighted by Crippen LogP contribution is 2.12. The summed E-state index contributed by atoms with van der Waals surface area (Å²) in [5.41, 5.74) is 0. The van der Waals surface area contributed by atoms with E-state index >= 15 is 0 Å². The standard InChI is InChI=1S/C12H19NO3S/c14-8-6-13(7-9-15)12(16)5-1-3-11-4-2-10-17-11/h2,4,10,14-15H,1,3,5-9H2. The van der Waals surface area contributed by atoms with Crippen LogP contribution in [0.3, 0.4) is 0 Å². The van der Waals surface area contributed by atoms with Crippen molar-refractivity contribution in [1.29, 1.82) is 0 Å². The molecule has 17 heavy (non-hydrogen) atoms. The molecule has 2 N–H and O–H groups in total. The van der Waals surface area contributed by atoms with Crippen molar-refractivity contribution in [3.8, 4) is 0 Å². The lowest BCUT2D eigenvalue weighted by Crippen LogP contribution is -2.35. The molecule has 1 aromatic rings. The van der Waals surface area contributed by atoms with E-state index in [1.807, 2.05) is 11.4 Å². The molecule has 0 aliphatic heterocycles. The zero-order valence-corrected chi connectivity index (χ0v) is 10.7. The van der Waals surface area contributed by atoms with Crippen molar-refractivity contribution in [3.63, 3.8) is 0 Å². The van der Waals surface area contributed by atoms with E-state index < -0.39 is 0 Å². The lowest BCUT2D eigenvalue weighted by molar-refractivity contribution is -0.132. The summed E-state index contributed by atoms with van der Waals surface area (Å²) >= 11 is 1.70. The highest BCUT2D eigenvalue weighted by Gasteiger charge is 2.11. The molecule has 0 aromatic carbocycles. The van der Waals surface area contributed by atoms with Crippen molar-refractivity contribution in [2.24, 2.45) is 0 Å². The van der Waals surface area contributed by atoms with E-state index in [1.54, 1.807) is 11.3 Å². The van der Waals surface area contributed by atoms with Crippen molar-refractivity contribution in [1.82, 2.24) is 4.90 Å². The molecule has 96 valence electrons. The predicted octanol–water partition coefficient (Wildman–Crippen LogP) is 0.884. The third kappa shape index (κ3) is 5.30. The summed E-state index contributed by atoms with van der Waals surface area (Å²) in [6.45, 7) is 0.490. The second kappa shape index (κ2) is 8.22. The molecular weight excluding hydrogens is 238 g/mol. The van der Waals surface area contributed by atoms with Crippen LogP contribution in [0.5, 0.6) is 0 Å². The number of hydrogen-bond donors (Lipinski definition) is 2. The molecule has 0 radical (unpaired) electrons. The normalized spacial score (nSPS) is 10.5. The highest BCUT2D eigenvalue weighted by molar-refractivity contribution is 7.09. The lowest BCUT2D eigenvalue weighted by Gasteiger charge is -2.20. The maximum absolute atomic E-state index is 11.8. The Morgan fingerprint density at radius 1 is 1.29 bits per heavy atom. The van der Waals surface area contributed by atoms with E-state index in [9.17, 15) is 4.79 Å². The molecule has 0 bridgehead atoms. The molecule has 0 aliphatic rings. The first kappa shape index (κ1) is 14.2. The predicted molar refractivity (Wildman–Crippen MR) is 68.0 cm³/mol. The van der Waals surface area contributed by atoms with Gasteiger partial charge in [-0.15, -0.1) is 11.3 Å². The summed E-state index contributed by atoms with van der Waals surface area (Å²) in [7, 11) is 0. The molecule has 0 spiro atoms. The molecule has 0 saturated carbocycles. The van der Waals surface area contributed by atoms with Gasteiger partial charge >= 0.3 is 0 Å². The van der Waals surface area contributed by atoms with Crippen molar-refractivity contribution in [2.45, 2.75) is 19.3 Å². The Morgan fingerprint density at radius 2 is 2.00 bits per heavy atom. The van der Waals surface area contributed by atoms with Gasteiger partial charge in [0.25, 0.3) is 0 Å². The monoisotopic (exact) mass is 257 g/mol. The first-order valence-electron chi connectivity index (χ1n) is 5.79. The van der Waals surface area contributed by atoms with E-state index in [2.05, 4.69) is 6.07 Å². The number of aliphatic hydroxyl groups is 2. The minimum Gasteiger partial charge on any atom is -0.395 e. The molecule has 1 rings (SSSR count). The fourth-order valence-corrected chi connectivity index (χ4v) is 2.38. The van der Waals surface area contributed by atoms with E-state index in [0.717, 1.165) is 12.8 Å². The molecule has 0 fully saturated rings. The molecule has 1 heterocycles. The Kier molecular flexibility index (Phi) is 6.84. The molecule has 0 unspecified atom stereocenters. The van der Waals surface area contributed by atoms with Crippen molar-refractivity contribution in [2.75, 3.05) is 26.3 Å². The van der Waals surface area contributed by atoms with Gasteiger partial charge in [-0.05, 0) is 24.3 Å². The van der Waals surface area contributed by atoms with Gasteiger partial charge in [-0.3, -0.25) is 4.79 Å². The molecule has 5 heteroatoms. The maximum atomic E-state index is 11.8. The van der Waals surface area contributed by atoms with Crippen LogP contribution in [0, 0.1) is 0 Å². The number of carbonyl (C=O) groups is 1. The maximum Gasteiger partial charge on any atom is 0.222 e. The van der Waals surface area contributed by atoms with Gasteiger partial charge in [0.05, 0.1) is 13.2 Å². The Morgan fingerprint density at radius 3 is 2.53 bits per heavy atom. The van der Waals surface area contributed by atoms with Crippen LogP contribution in [-0.2, 0) is 11.2 Å². The average molecular weight is 257 g/mol. The third-order valence-corrected chi connectivity index (χ3v) is 3.42. The number of amides is 1. The molecule has 1 aromatic heterocycles. The Labute approximate surface area is 106 Å². The van der Waals surface area contributed by atoms with E-state index in [-0.39, 0.29) is 19.1 Å². The summed E-state index contributed by atoms with van der Waals surface area (Å²) in [4.78, 5) is 14.6. The third-order valence-electron chi connectivity index (χ3n) is 2.49. The van der Waals surface area contributed by atoms with Gasteiger partial charge in [-0.2, -0.15) is 0 Å². The van der Waals surface area contributed by atoms with E-state index in [4.69, 9.17) is 10.2 Å². The fraction of sp³-hybridized carbons (Fsp3) is 0.583. The van der Waals surface area contributed by atoms with Crippen molar-refractivity contribution < 1.29 is 15.0 Å². The Bertz CT molecular complexity index is 308. The number of nitrogens with zero attached hydrogens (tertiary/aromatic N) is 1. The van der Waals surface area contributed by atoms with Crippen LogP contribution in [0.4, 0.5) is 0 Å². The number of aliphatic hydroxyl groups excluding tert-OH is 2. The number of rotatable bonds is 8. The van der Waals surface area contributed by atoms with Crippen LogP contribution < -0.4 is 0 Å². The average Bonchev–Trinajstić information content (AvgIpc) is 2.81. The molecule has 0 saturated heterocycles. The summed E-state index contributed by atoms with van der Waals surface area (Å²) in [5, 5.41) is 19.7. The van der Waals surface area contributed by atoms with Gasteiger partial charge in [0.2, 0.25) is 5.91 Å². The second-order valence-corrected chi connectivity index (χ2v) is 4.79. The van der Waals surface area contributed by atoms with Crippen LogP contribution >= 0.6 is 11.3 Å². The molecular formula is C12H19NO3S. The van der Waals surface area contributed by atoms with Gasteiger partial charge in [0, 0.05) is 24.4 Å². The van der Waals surface area contributed by atoms with Crippen LogP contribution in [0.1, 0.15) is 17.7 Å². The smallest absolute Gasteiger partial charge is 0.222 e. The summed E-state index contributed by atoms with van der Waals surface area (Å²) in [6, 6.07) is 4.07. The molecule has 4 nitrogen and oxygen atoms in total. The van der Waals surface area contributed by atoms with Gasteiger partial charge in [0.1, 0.15) is 0 Å². The van der Waals surface area contributed by atoms with Gasteiger partial charge in [-0.1, -0.05) is 6.07 Å². The number of aryl methyl sites for hydroxylation is 1. The SMILES string of the molecule is O=C(CCCc1cccs1)N(CCO)CCO. The summed E-state index contributed by atoms with van der Waals surface area (Å²) < 4.78 is 0. The van der Waals surface area contributed by atoms with Gasteiger partial charge in [-0.25, -0.2) is 0 Å². The zero-order valence-electron chi connectivity index (χ0n) is 9.84. The van der Waals surface area contributed by atoms with Gasteiger partial charge in [0.15, 0.2) is 0 Å². The van der Waals surface area contributed by atoms with Crippen LogP contribution in [0.25, 0.3) is 0 Å². The largest absolute Gasteiger partial charge is 0.395 e. The summed E-state index contributed by atoms with van der Waals surface area (Å²) in [6.07, 6.45) is 2.19. The second-order valence-electron chi connectivity index (χ2n) is 3.76. The number of thiophene rings is 1. The lowest BCUT2D eigenvalue weighted by atomic mass is 10.2. The van der Waals surface area contributed by atoms with Crippen molar-refractivity contribution >= 4 is 17.2 Å². The molecule has 0 aliphatic carbocycles. The topological polar surface area (TPSA) is 60.8 Å². The van der Waals surface area contributed by atoms with Crippen LogP contribution in [0.15, 0.2) is 17.5 Å². The minimum absolute atomic E-state index is 0.00431.